The standard InChI is InChI=1S/C15H17Cl2NO5/c1-2-11(18(21)22)9-10-6-7-12(15(17)14(10)16)23-8-4-3-5-13(19)20/h6-7,9H,2-5,8H2,1H3,(H,19,20)/b11-9-. The van der Waals surface area contributed by atoms with Gasteiger partial charge in [0.05, 0.1) is 16.6 Å². The highest BCUT2D eigenvalue weighted by atomic mass is 35.5. The van der Waals surface area contributed by atoms with E-state index < -0.39 is 10.9 Å². The highest BCUT2D eigenvalue weighted by Crippen LogP contribution is 2.36. The molecule has 6 nitrogen and oxygen atoms in total. The third-order valence-corrected chi connectivity index (χ3v) is 3.92. The Kier molecular flexibility index (Phi) is 7.85. The number of rotatable bonds is 9. The molecule has 0 atom stereocenters. The molecule has 0 spiro atoms. The van der Waals surface area contributed by atoms with Gasteiger partial charge in [0.25, 0.3) is 0 Å². The number of allylic oxidation sites excluding steroid dienone is 1. The maximum Gasteiger partial charge on any atom is 0.303 e. The Hall–Kier alpha value is -1.79. The Morgan fingerprint density at radius 2 is 2.04 bits per heavy atom. The second-order valence-electron chi connectivity index (χ2n) is 4.73. The van der Waals surface area contributed by atoms with Crippen LogP contribution in [0.3, 0.4) is 0 Å². The van der Waals surface area contributed by atoms with Crippen LogP contribution < -0.4 is 4.74 Å². The van der Waals surface area contributed by atoms with Crippen molar-refractivity contribution in [2.45, 2.75) is 32.6 Å². The number of carboxylic acids is 1. The normalized spacial score (nSPS) is 11.3. The van der Waals surface area contributed by atoms with Crippen molar-refractivity contribution in [2.75, 3.05) is 6.61 Å². The molecule has 0 aliphatic heterocycles. The van der Waals surface area contributed by atoms with Gasteiger partial charge in [-0.3, -0.25) is 14.9 Å². The first kappa shape index (κ1) is 19.3. The van der Waals surface area contributed by atoms with Gasteiger partial charge in [0.2, 0.25) is 5.70 Å². The van der Waals surface area contributed by atoms with Crippen molar-refractivity contribution in [3.63, 3.8) is 0 Å². The highest BCUT2D eigenvalue weighted by molar-refractivity contribution is 6.43. The van der Waals surface area contributed by atoms with Crippen LogP contribution in [0.15, 0.2) is 17.8 Å². The van der Waals surface area contributed by atoms with Gasteiger partial charge >= 0.3 is 5.97 Å². The summed E-state index contributed by atoms with van der Waals surface area (Å²) in [6.07, 6.45) is 2.81. The largest absolute Gasteiger partial charge is 0.492 e. The van der Waals surface area contributed by atoms with Crippen molar-refractivity contribution in [1.82, 2.24) is 0 Å². The van der Waals surface area contributed by atoms with Crippen LogP contribution in [0.4, 0.5) is 0 Å². The van der Waals surface area contributed by atoms with Gasteiger partial charge in [-0.2, -0.15) is 0 Å². The lowest BCUT2D eigenvalue weighted by atomic mass is 10.1. The maximum absolute atomic E-state index is 10.8. The summed E-state index contributed by atoms with van der Waals surface area (Å²) in [5.41, 5.74) is 0.480. The highest BCUT2D eigenvalue weighted by Gasteiger charge is 2.14. The molecule has 1 rings (SSSR count). The molecule has 23 heavy (non-hydrogen) atoms. The van der Waals surface area contributed by atoms with Crippen LogP contribution in [0.2, 0.25) is 10.0 Å². The first-order valence-electron chi connectivity index (χ1n) is 7.04. The van der Waals surface area contributed by atoms with Gasteiger partial charge in [-0.1, -0.05) is 30.1 Å². The second kappa shape index (κ2) is 9.37. The molecule has 0 bridgehead atoms. The number of benzene rings is 1. The molecule has 1 N–H and O–H groups in total. The Morgan fingerprint density at radius 1 is 1.35 bits per heavy atom. The van der Waals surface area contributed by atoms with E-state index in [2.05, 4.69) is 0 Å². The quantitative estimate of drug-likeness (QED) is 0.392. The lowest BCUT2D eigenvalue weighted by Gasteiger charge is -2.10. The minimum atomic E-state index is -0.847. The van der Waals surface area contributed by atoms with Crippen LogP contribution >= 0.6 is 23.2 Å². The zero-order valence-corrected chi connectivity index (χ0v) is 14.1. The second-order valence-corrected chi connectivity index (χ2v) is 5.48. The molecule has 126 valence electrons. The Labute approximate surface area is 143 Å². The summed E-state index contributed by atoms with van der Waals surface area (Å²) in [4.78, 5) is 20.8. The number of aliphatic carboxylic acids is 1. The van der Waals surface area contributed by atoms with E-state index in [0.717, 1.165) is 0 Å². The minimum absolute atomic E-state index is 0.0327. The molecule has 0 aliphatic carbocycles. The molecule has 0 heterocycles. The molecule has 1 aromatic carbocycles. The zero-order valence-electron chi connectivity index (χ0n) is 12.6. The van der Waals surface area contributed by atoms with E-state index in [1.807, 2.05) is 0 Å². The fourth-order valence-electron chi connectivity index (χ4n) is 1.79. The van der Waals surface area contributed by atoms with Crippen LogP contribution in [0, 0.1) is 10.1 Å². The van der Waals surface area contributed by atoms with E-state index in [9.17, 15) is 14.9 Å². The fourth-order valence-corrected chi connectivity index (χ4v) is 2.23. The molecule has 0 fully saturated rings. The molecule has 0 radical (unpaired) electrons. The lowest BCUT2D eigenvalue weighted by molar-refractivity contribution is -0.425. The summed E-state index contributed by atoms with van der Waals surface area (Å²) in [5, 5.41) is 19.7. The van der Waals surface area contributed by atoms with E-state index in [0.29, 0.717) is 30.8 Å². The monoisotopic (exact) mass is 361 g/mol. The zero-order chi connectivity index (χ0) is 17.4. The van der Waals surface area contributed by atoms with E-state index in [4.69, 9.17) is 33.0 Å². The third kappa shape index (κ3) is 6.08. The van der Waals surface area contributed by atoms with Crippen LogP contribution in [-0.4, -0.2) is 22.6 Å². The first-order chi connectivity index (χ1) is 10.9. The average molecular weight is 362 g/mol. The number of hydrogen-bond donors (Lipinski definition) is 1. The summed E-state index contributed by atoms with van der Waals surface area (Å²) in [7, 11) is 0. The van der Waals surface area contributed by atoms with E-state index >= 15 is 0 Å². The van der Waals surface area contributed by atoms with Gasteiger partial charge in [-0.25, -0.2) is 0 Å². The summed E-state index contributed by atoms with van der Waals surface area (Å²) in [6.45, 7) is 1.99. The van der Waals surface area contributed by atoms with Gasteiger partial charge in [0.1, 0.15) is 10.8 Å². The van der Waals surface area contributed by atoms with Crippen LogP contribution in [0.1, 0.15) is 38.2 Å². The summed E-state index contributed by atoms with van der Waals surface area (Å²) in [5.74, 6) is -0.483. The van der Waals surface area contributed by atoms with Gasteiger partial charge in [0.15, 0.2) is 0 Å². The predicted octanol–water partition coefficient (Wildman–Crippen LogP) is 4.65. The average Bonchev–Trinajstić information content (AvgIpc) is 2.49. The van der Waals surface area contributed by atoms with E-state index in [-0.39, 0.29) is 28.6 Å². The summed E-state index contributed by atoms with van der Waals surface area (Å²) in [6, 6.07) is 3.18. The van der Waals surface area contributed by atoms with Gasteiger partial charge in [-0.15, -0.1) is 0 Å². The number of ether oxygens (including phenoxy) is 1. The molecule has 0 aliphatic rings. The fraction of sp³-hybridized carbons (Fsp3) is 0.400. The molecule has 0 unspecified atom stereocenters. The van der Waals surface area contributed by atoms with Crippen molar-refractivity contribution in [3.05, 3.63) is 43.6 Å². The van der Waals surface area contributed by atoms with Crippen molar-refractivity contribution in [2.24, 2.45) is 0 Å². The van der Waals surface area contributed by atoms with Crippen molar-refractivity contribution >= 4 is 35.2 Å². The molecule has 0 saturated heterocycles. The number of hydrogen-bond acceptors (Lipinski definition) is 4. The summed E-state index contributed by atoms with van der Waals surface area (Å²) < 4.78 is 5.47. The number of unbranched alkanes of at least 4 members (excludes halogenated alkanes) is 1. The summed E-state index contributed by atoms with van der Waals surface area (Å²) >= 11 is 12.2. The first-order valence-corrected chi connectivity index (χ1v) is 7.80. The Balaban J connectivity index is 2.78. The minimum Gasteiger partial charge on any atom is -0.492 e. The predicted molar refractivity (Wildman–Crippen MR) is 88.7 cm³/mol. The smallest absolute Gasteiger partial charge is 0.303 e. The van der Waals surface area contributed by atoms with E-state index in [1.54, 1.807) is 19.1 Å². The van der Waals surface area contributed by atoms with Gasteiger partial charge < -0.3 is 9.84 Å². The van der Waals surface area contributed by atoms with Crippen molar-refractivity contribution in [1.29, 1.82) is 0 Å². The van der Waals surface area contributed by atoms with Crippen molar-refractivity contribution in [3.8, 4) is 5.75 Å². The van der Waals surface area contributed by atoms with Crippen molar-refractivity contribution < 1.29 is 19.6 Å². The lowest BCUT2D eigenvalue weighted by Crippen LogP contribution is -2.01. The Bertz CT molecular complexity index is 616. The van der Waals surface area contributed by atoms with Gasteiger partial charge in [-0.05, 0) is 25.0 Å². The number of carbonyl (C=O) groups is 1. The number of carboxylic acid groups (broad SMARTS) is 1. The topological polar surface area (TPSA) is 89.7 Å². The molecule has 0 saturated carbocycles. The molecule has 1 aromatic rings. The van der Waals surface area contributed by atoms with Crippen LogP contribution in [-0.2, 0) is 4.79 Å². The SMILES string of the molecule is CC/C(=C/c1ccc(OCCCCC(=O)O)c(Cl)c1Cl)[N+](=O)[O-]. The number of nitro groups is 1. The number of nitrogens with zero attached hydrogens (tertiary/aromatic N) is 1. The van der Waals surface area contributed by atoms with Gasteiger partial charge in [0, 0.05) is 24.5 Å². The molecule has 0 amide bonds. The molecule has 8 heteroatoms. The molecular weight excluding hydrogens is 345 g/mol. The van der Waals surface area contributed by atoms with E-state index in [1.165, 1.54) is 6.08 Å². The third-order valence-electron chi connectivity index (χ3n) is 3.04. The maximum atomic E-state index is 10.8. The number of halogens is 2. The Morgan fingerprint density at radius 3 is 2.61 bits per heavy atom. The molecule has 0 aromatic heterocycles. The van der Waals surface area contributed by atoms with Crippen LogP contribution in [0.25, 0.3) is 6.08 Å². The van der Waals surface area contributed by atoms with Crippen LogP contribution in [0.5, 0.6) is 5.75 Å². The molecular formula is C15H17Cl2NO5.